The Morgan fingerprint density at radius 3 is 2.48 bits per heavy atom. The first-order chi connectivity index (χ1) is 10.0. The highest BCUT2D eigenvalue weighted by molar-refractivity contribution is 5.83. The van der Waals surface area contributed by atoms with E-state index in [9.17, 15) is 14.7 Å². The first-order valence-corrected chi connectivity index (χ1v) is 7.29. The summed E-state index contributed by atoms with van der Waals surface area (Å²) in [5.41, 5.74) is 6.35. The maximum atomic E-state index is 11.9. The number of aliphatic carboxylic acids is 1. The van der Waals surface area contributed by atoms with Crippen molar-refractivity contribution in [2.24, 2.45) is 11.7 Å². The summed E-state index contributed by atoms with van der Waals surface area (Å²) in [7, 11) is 0. The number of hydrogen-bond acceptors (Lipinski definition) is 3. The van der Waals surface area contributed by atoms with Crippen molar-refractivity contribution < 1.29 is 14.7 Å². The van der Waals surface area contributed by atoms with Gasteiger partial charge in [-0.3, -0.25) is 4.79 Å². The fraction of sp³-hybridized carbons (Fsp3) is 0.500. The van der Waals surface area contributed by atoms with E-state index in [0.29, 0.717) is 25.3 Å². The van der Waals surface area contributed by atoms with Crippen LogP contribution in [0.25, 0.3) is 0 Å². The molecular formula is C16H24N2O3. The van der Waals surface area contributed by atoms with E-state index in [2.05, 4.69) is 5.32 Å². The third kappa shape index (κ3) is 6.90. The molecule has 5 nitrogen and oxygen atoms in total. The summed E-state index contributed by atoms with van der Waals surface area (Å²) >= 11 is 0. The molecule has 1 aromatic carbocycles. The Morgan fingerprint density at radius 1 is 1.24 bits per heavy atom. The van der Waals surface area contributed by atoms with Crippen LogP contribution in [0.3, 0.4) is 0 Å². The molecule has 0 aliphatic carbocycles. The first kappa shape index (κ1) is 17.2. The van der Waals surface area contributed by atoms with Gasteiger partial charge < -0.3 is 16.2 Å². The van der Waals surface area contributed by atoms with Crippen molar-refractivity contribution in [2.45, 2.75) is 38.6 Å². The van der Waals surface area contributed by atoms with Gasteiger partial charge in [-0.1, -0.05) is 37.3 Å². The Hall–Kier alpha value is -1.88. The molecule has 0 aliphatic heterocycles. The molecule has 0 saturated carbocycles. The average Bonchev–Trinajstić information content (AvgIpc) is 2.46. The second-order valence-corrected chi connectivity index (χ2v) is 5.37. The van der Waals surface area contributed by atoms with Crippen LogP contribution in [0.4, 0.5) is 0 Å². The number of carbonyl (C=O) groups excluding carboxylic acids is 1. The molecule has 0 bridgehead atoms. The predicted octanol–water partition coefficient (Wildman–Crippen LogP) is 1.56. The summed E-state index contributed by atoms with van der Waals surface area (Å²) in [5, 5.41) is 11.8. The molecule has 0 radical (unpaired) electrons. The Balaban J connectivity index is 2.47. The third-order valence-corrected chi connectivity index (χ3v) is 3.44. The van der Waals surface area contributed by atoms with Crippen LogP contribution in [0.1, 0.15) is 31.7 Å². The van der Waals surface area contributed by atoms with Crippen molar-refractivity contribution in [1.29, 1.82) is 0 Å². The number of carboxylic acid groups (broad SMARTS) is 1. The molecule has 21 heavy (non-hydrogen) atoms. The maximum Gasteiger partial charge on any atom is 0.326 e. The van der Waals surface area contributed by atoms with Gasteiger partial charge in [-0.15, -0.1) is 0 Å². The number of amides is 1. The van der Waals surface area contributed by atoms with Crippen LogP contribution in [0, 0.1) is 5.92 Å². The van der Waals surface area contributed by atoms with Crippen LogP contribution in [0.5, 0.6) is 0 Å². The van der Waals surface area contributed by atoms with Crippen LogP contribution in [-0.2, 0) is 16.0 Å². The van der Waals surface area contributed by atoms with Gasteiger partial charge in [0, 0.05) is 12.8 Å². The predicted molar refractivity (Wildman–Crippen MR) is 81.8 cm³/mol. The lowest BCUT2D eigenvalue weighted by Crippen LogP contribution is -2.42. The van der Waals surface area contributed by atoms with Gasteiger partial charge in [0.15, 0.2) is 0 Å². The normalized spacial score (nSPS) is 13.4. The van der Waals surface area contributed by atoms with Gasteiger partial charge in [0.05, 0.1) is 0 Å². The minimum atomic E-state index is -1.01. The molecular weight excluding hydrogens is 268 g/mol. The van der Waals surface area contributed by atoms with Gasteiger partial charge in [-0.25, -0.2) is 4.79 Å². The number of carboxylic acids is 1. The number of rotatable bonds is 9. The van der Waals surface area contributed by atoms with Crippen molar-refractivity contribution in [3.8, 4) is 0 Å². The molecule has 2 atom stereocenters. The summed E-state index contributed by atoms with van der Waals surface area (Å²) in [4.78, 5) is 23.1. The van der Waals surface area contributed by atoms with E-state index in [4.69, 9.17) is 5.73 Å². The largest absolute Gasteiger partial charge is 0.480 e. The molecule has 1 aromatic rings. The molecule has 1 rings (SSSR count). The van der Waals surface area contributed by atoms with E-state index in [1.165, 1.54) is 0 Å². The van der Waals surface area contributed by atoms with E-state index >= 15 is 0 Å². The van der Waals surface area contributed by atoms with E-state index in [0.717, 1.165) is 18.4 Å². The van der Waals surface area contributed by atoms with Crippen LogP contribution in [0.2, 0.25) is 0 Å². The number of benzene rings is 1. The zero-order valence-corrected chi connectivity index (χ0v) is 12.4. The molecule has 4 N–H and O–H groups in total. The number of carbonyl (C=O) groups is 2. The second kappa shape index (κ2) is 9.13. The Morgan fingerprint density at radius 2 is 1.90 bits per heavy atom. The van der Waals surface area contributed by atoms with Crippen molar-refractivity contribution in [3.05, 3.63) is 35.9 Å². The lowest BCUT2D eigenvalue weighted by molar-refractivity contribution is -0.141. The molecule has 1 amide bonds. The van der Waals surface area contributed by atoms with Crippen LogP contribution < -0.4 is 11.1 Å². The van der Waals surface area contributed by atoms with Gasteiger partial charge in [0.1, 0.15) is 6.04 Å². The SMILES string of the molecule is CC(CCN)CCC(=O)N[C@H](Cc1ccccc1)C(=O)O. The fourth-order valence-electron chi connectivity index (χ4n) is 2.12. The summed E-state index contributed by atoms with van der Waals surface area (Å²) < 4.78 is 0. The van der Waals surface area contributed by atoms with Crippen molar-refractivity contribution in [2.75, 3.05) is 6.54 Å². The molecule has 116 valence electrons. The second-order valence-electron chi connectivity index (χ2n) is 5.37. The quantitative estimate of drug-likeness (QED) is 0.644. The number of nitrogens with one attached hydrogen (secondary N) is 1. The van der Waals surface area contributed by atoms with Gasteiger partial charge in [-0.05, 0) is 30.9 Å². The zero-order chi connectivity index (χ0) is 15.7. The monoisotopic (exact) mass is 292 g/mol. The molecule has 1 unspecified atom stereocenters. The minimum Gasteiger partial charge on any atom is -0.480 e. The zero-order valence-electron chi connectivity index (χ0n) is 12.4. The molecule has 0 fully saturated rings. The van der Waals surface area contributed by atoms with Crippen LogP contribution >= 0.6 is 0 Å². The van der Waals surface area contributed by atoms with Crippen LogP contribution in [-0.4, -0.2) is 29.6 Å². The molecule has 5 heteroatoms. The van der Waals surface area contributed by atoms with Crippen molar-refractivity contribution in [3.63, 3.8) is 0 Å². The van der Waals surface area contributed by atoms with E-state index in [1.807, 2.05) is 37.3 Å². The molecule has 0 spiro atoms. The Kier molecular flexibility index (Phi) is 7.46. The summed E-state index contributed by atoms with van der Waals surface area (Å²) in [5.74, 6) is -0.859. The van der Waals surface area contributed by atoms with Gasteiger partial charge in [-0.2, -0.15) is 0 Å². The standard InChI is InChI=1S/C16H24N2O3/c1-12(9-10-17)7-8-15(19)18-14(16(20)21)11-13-5-3-2-4-6-13/h2-6,12,14H,7-11,17H2,1H3,(H,18,19)(H,20,21)/t12?,14-/m1/s1. The average molecular weight is 292 g/mol. The Bertz CT molecular complexity index is 448. The van der Waals surface area contributed by atoms with Crippen molar-refractivity contribution >= 4 is 11.9 Å². The van der Waals surface area contributed by atoms with E-state index in [1.54, 1.807) is 0 Å². The summed E-state index contributed by atoms with van der Waals surface area (Å²) in [6, 6.07) is 8.40. The fourth-order valence-corrected chi connectivity index (χ4v) is 2.12. The Labute approximate surface area is 125 Å². The highest BCUT2D eigenvalue weighted by atomic mass is 16.4. The first-order valence-electron chi connectivity index (χ1n) is 7.29. The van der Waals surface area contributed by atoms with Crippen LogP contribution in [0.15, 0.2) is 30.3 Å². The van der Waals surface area contributed by atoms with Gasteiger partial charge in [0.2, 0.25) is 5.91 Å². The summed E-state index contributed by atoms with van der Waals surface area (Å²) in [6.07, 6.45) is 2.22. The highest BCUT2D eigenvalue weighted by Gasteiger charge is 2.20. The van der Waals surface area contributed by atoms with Gasteiger partial charge >= 0.3 is 5.97 Å². The maximum absolute atomic E-state index is 11.9. The van der Waals surface area contributed by atoms with E-state index < -0.39 is 12.0 Å². The number of hydrogen-bond donors (Lipinski definition) is 3. The van der Waals surface area contributed by atoms with Crippen molar-refractivity contribution in [1.82, 2.24) is 5.32 Å². The lowest BCUT2D eigenvalue weighted by atomic mass is 10.0. The molecule has 0 aliphatic rings. The molecule has 0 saturated heterocycles. The molecule has 0 heterocycles. The van der Waals surface area contributed by atoms with Gasteiger partial charge in [0.25, 0.3) is 0 Å². The highest BCUT2D eigenvalue weighted by Crippen LogP contribution is 2.09. The third-order valence-electron chi connectivity index (χ3n) is 3.44. The minimum absolute atomic E-state index is 0.220. The smallest absolute Gasteiger partial charge is 0.326 e. The lowest BCUT2D eigenvalue weighted by Gasteiger charge is -2.15. The number of nitrogens with two attached hydrogens (primary N) is 1. The molecule has 0 aromatic heterocycles. The summed E-state index contributed by atoms with van der Waals surface area (Å²) in [6.45, 7) is 2.65. The van der Waals surface area contributed by atoms with E-state index in [-0.39, 0.29) is 5.91 Å². The topological polar surface area (TPSA) is 92.4 Å².